The van der Waals surface area contributed by atoms with Crippen molar-refractivity contribution < 1.29 is 14.0 Å². The van der Waals surface area contributed by atoms with Crippen molar-refractivity contribution in [2.24, 2.45) is 0 Å². The van der Waals surface area contributed by atoms with Crippen LogP contribution in [0.25, 0.3) is 0 Å². The van der Waals surface area contributed by atoms with E-state index < -0.39 is 0 Å². The predicted octanol–water partition coefficient (Wildman–Crippen LogP) is 3.68. The second-order valence-corrected chi connectivity index (χ2v) is 5.85. The summed E-state index contributed by atoms with van der Waals surface area (Å²) in [5, 5.41) is 5.63. The average Bonchev–Trinajstić information content (AvgIpc) is 2.64. The van der Waals surface area contributed by atoms with Gasteiger partial charge in [-0.1, -0.05) is 31.9 Å². The van der Waals surface area contributed by atoms with Gasteiger partial charge in [-0.25, -0.2) is 4.39 Å². The summed E-state index contributed by atoms with van der Waals surface area (Å²) < 4.78 is 12.8. The highest BCUT2D eigenvalue weighted by molar-refractivity contribution is 5.97. The first-order valence-corrected chi connectivity index (χ1v) is 8.51. The molecule has 0 saturated heterocycles. The highest BCUT2D eigenvalue weighted by atomic mass is 19.1. The van der Waals surface area contributed by atoms with Gasteiger partial charge >= 0.3 is 0 Å². The SMILES string of the molecule is CCCCCNC(=O)c1ccc(C(=O)NCc2ccc(F)cc2)cc1. The standard InChI is InChI=1S/C20H23FN2O2/c1-2-3-4-13-22-19(24)16-7-9-17(10-8-16)20(25)23-14-15-5-11-18(21)12-6-15/h5-12H,2-4,13-14H2,1H3,(H,22,24)(H,23,25). The van der Waals surface area contributed by atoms with Crippen LogP contribution in [0, 0.1) is 5.82 Å². The van der Waals surface area contributed by atoms with Gasteiger partial charge < -0.3 is 10.6 Å². The van der Waals surface area contributed by atoms with Crippen LogP contribution in [0.4, 0.5) is 4.39 Å². The maximum Gasteiger partial charge on any atom is 0.251 e. The van der Waals surface area contributed by atoms with Crippen LogP contribution in [0.1, 0.15) is 52.5 Å². The molecule has 0 bridgehead atoms. The molecule has 2 rings (SSSR count). The Balaban J connectivity index is 1.84. The summed E-state index contributed by atoms with van der Waals surface area (Å²) in [6.45, 7) is 3.09. The molecule has 25 heavy (non-hydrogen) atoms. The lowest BCUT2D eigenvalue weighted by Crippen LogP contribution is -2.25. The minimum atomic E-state index is -0.307. The zero-order chi connectivity index (χ0) is 18.1. The molecule has 2 amide bonds. The molecule has 2 N–H and O–H groups in total. The van der Waals surface area contributed by atoms with Crippen molar-refractivity contribution in [2.75, 3.05) is 6.54 Å². The third kappa shape index (κ3) is 6.03. The summed E-state index contributed by atoms with van der Waals surface area (Å²) in [4.78, 5) is 24.1. The Bertz CT molecular complexity index is 697. The van der Waals surface area contributed by atoms with Gasteiger partial charge in [0.25, 0.3) is 11.8 Å². The zero-order valence-corrected chi connectivity index (χ0v) is 14.3. The van der Waals surface area contributed by atoms with E-state index in [0.717, 1.165) is 24.8 Å². The molecular weight excluding hydrogens is 319 g/mol. The molecule has 4 nitrogen and oxygen atoms in total. The Hall–Kier alpha value is -2.69. The number of amides is 2. The summed E-state index contributed by atoms with van der Waals surface area (Å²) in [6, 6.07) is 12.5. The first-order chi connectivity index (χ1) is 12.1. The molecule has 2 aromatic carbocycles. The lowest BCUT2D eigenvalue weighted by molar-refractivity contribution is 0.0940. The van der Waals surface area contributed by atoms with Crippen LogP contribution in [-0.4, -0.2) is 18.4 Å². The van der Waals surface area contributed by atoms with Gasteiger partial charge in [-0.05, 0) is 48.4 Å². The van der Waals surface area contributed by atoms with Crippen molar-refractivity contribution >= 4 is 11.8 Å². The topological polar surface area (TPSA) is 58.2 Å². The fraction of sp³-hybridized carbons (Fsp3) is 0.300. The van der Waals surface area contributed by atoms with Crippen LogP contribution in [0.15, 0.2) is 48.5 Å². The molecule has 0 heterocycles. The summed E-state index contributed by atoms with van der Waals surface area (Å²) in [6.07, 6.45) is 3.16. The van der Waals surface area contributed by atoms with Gasteiger partial charge in [-0.2, -0.15) is 0 Å². The molecule has 0 fully saturated rings. The lowest BCUT2D eigenvalue weighted by Gasteiger charge is -2.07. The molecule has 0 aromatic heterocycles. The molecule has 0 spiro atoms. The fourth-order valence-electron chi connectivity index (χ4n) is 2.34. The van der Waals surface area contributed by atoms with Crippen LogP contribution in [-0.2, 0) is 6.54 Å². The van der Waals surface area contributed by atoms with Gasteiger partial charge in [0.05, 0.1) is 0 Å². The Kier molecular flexibility index (Phi) is 7.14. The summed E-state index contributed by atoms with van der Waals surface area (Å²) in [5.41, 5.74) is 1.83. The smallest absolute Gasteiger partial charge is 0.251 e. The Morgan fingerprint density at radius 3 is 1.96 bits per heavy atom. The Labute approximate surface area is 147 Å². The van der Waals surface area contributed by atoms with Gasteiger partial charge in [0.2, 0.25) is 0 Å². The Morgan fingerprint density at radius 2 is 1.40 bits per heavy atom. The normalized spacial score (nSPS) is 10.3. The second kappa shape index (κ2) is 9.57. The first kappa shape index (κ1) is 18.6. The molecule has 0 unspecified atom stereocenters. The van der Waals surface area contributed by atoms with E-state index in [1.807, 2.05) is 0 Å². The van der Waals surface area contributed by atoms with Gasteiger partial charge in [0.15, 0.2) is 0 Å². The molecule has 0 atom stereocenters. The lowest BCUT2D eigenvalue weighted by atomic mass is 10.1. The number of unbranched alkanes of at least 4 members (excludes halogenated alkanes) is 2. The fourth-order valence-corrected chi connectivity index (χ4v) is 2.34. The number of hydrogen-bond donors (Lipinski definition) is 2. The molecule has 2 aromatic rings. The number of halogens is 1. The minimum absolute atomic E-state index is 0.130. The van der Waals surface area contributed by atoms with E-state index in [2.05, 4.69) is 17.6 Å². The van der Waals surface area contributed by atoms with Crippen molar-refractivity contribution in [2.45, 2.75) is 32.7 Å². The summed E-state index contributed by atoms with van der Waals surface area (Å²) >= 11 is 0. The molecule has 0 saturated carbocycles. The zero-order valence-electron chi connectivity index (χ0n) is 14.3. The maximum absolute atomic E-state index is 12.8. The van der Waals surface area contributed by atoms with E-state index in [9.17, 15) is 14.0 Å². The van der Waals surface area contributed by atoms with Crippen molar-refractivity contribution in [1.82, 2.24) is 10.6 Å². The third-order valence-corrected chi connectivity index (χ3v) is 3.84. The molecule has 0 radical (unpaired) electrons. The predicted molar refractivity (Wildman–Crippen MR) is 95.9 cm³/mol. The number of nitrogens with one attached hydrogen (secondary N) is 2. The van der Waals surface area contributed by atoms with Gasteiger partial charge in [-0.15, -0.1) is 0 Å². The van der Waals surface area contributed by atoms with Crippen LogP contribution in [0.2, 0.25) is 0 Å². The molecule has 0 aliphatic carbocycles. The van der Waals surface area contributed by atoms with E-state index in [-0.39, 0.29) is 17.6 Å². The van der Waals surface area contributed by atoms with Gasteiger partial charge in [0.1, 0.15) is 5.82 Å². The number of rotatable bonds is 8. The minimum Gasteiger partial charge on any atom is -0.352 e. The maximum atomic E-state index is 12.8. The average molecular weight is 342 g/mol. The molecule has 0 aliphatic rings. The van der Waals surface area contributed by atoms with E-state index in [1.165, 1.54) is 12.1 Å². The van der Waals surface area contributed by atoms with E-state index in [1.54, 1.807) is 36.4 Å². The van der Waals surface area contributed by atoms with Crippen LogP contribution < -0.4 is 10.6 Å². The number of hydrogen-bond acceptors (Lipinski definition) is 2. The second-order valence-electron chi connectivity index (χ2n) is 5.85. The molecule has 0 aliphatic heterocycles. The largest absolute Gasteiger partial charge is 0.352 e. The van der Waals surface area contributed by atoms with E-state index >= 15 is 0 Å². The molecule has 132 valence electrons. The van der Waals surface area contributed by atoms with Crippen molar-refractivity contribution in [1.29, 1.82) is 0 Å². The molecule has 5 heteroatoms. The quantitative estimate of drug-likeness (QED) is 0.719. The van der Waals surface area contributed by atoms with Crippen molar-refractivity contribution in [3.63, 3.8) is 0 Å². The number of carbonyl (C=O) groups is 2. The van der Waals surface area contributed by atoms with Gasteiger partial charge in [0, 0.05) is 24.2 Å². The van der Waals surface area contributed by atoms with Crippen LogP contribution in [0.5, 0.6) is 0 Å². The molecular formula is C20H23FN2O2. The number of benzene rings is 2. The third-order valence-electron chi connectivity index (χ3n) is 3.84. The van der Waals surface area contributed by atoms with Crippen LogP contribution >= 0.6 is 0 Å². The van der Waals surface area contributed by atoms with Crippen LogP contribution in [0.3, 0.4) is 0 Å². The Morgan fingerprint density at radius 1 is 0.840 bits per heavy atom. The first-order valence-electron chi connectivity index (χ1n) is 8.51. The summed E-state index contributed by atoms with van der Waals surface area (Å²) in [5.74, 6) is -0.674. The summed E-state index contributed by atoms with van der Waals surface area (Å²) in [7, 11) is 0. The highest BCUT2D eigenvalue weighted by Gasteiger charge is 2.08. The highest BCUT2D eigenvalue weighted by Crippen LogP contribution is 2.06. The monoisotopic (exact) mass is 342 g/mol. The van der Waals surface area contributed by atoms with Crippen molar-refractivity contribution in [3.05, 3.63) is 71.0 Å². The van der Waals surface area contributed by atoms with Gasteiger partial charge in [-0.3, -0.25) is 9.59 Å². The van der Waals surface area contributed by atoms with E-state index in [0.29, 0.717) is 24.2 Å². The van der Waals surface area contributed by atoms with E-state index in [4.69, 9.17) is 0 Å². The number of carbonyl (C=O) groups excluding carboxylic acids is 2. The van der Waals surface area contributed by atoms with Crippen molar-refractivity contribution in [3.8, 4) is 0 Å².